The van der Waals surface area contributed by atoms with Crippen LogP contribution in [0.15, 0.2) is 44.1 Å². The van der Waals surface area contributed by atoms with E-state index in [2.05, 4.69) is 124 Å². The molecule has 6 aliphatic heterocycles. The lowest BCUT2D eigenvalue weighted by molar-refractivity contribution is -0.0308. The van der Waals surface area contributed by atoms with E-state index in [4.69, 9.17) is 49.4 Å². The van der Waals surface area contributed by atoms with Crippen molar-refractivity contribution >= 4 is 202 Å². The molecule has 8 aromatic heterocycles. The number of hydrogen-bond donors (Lipinski definition) is 8. The van der Waals surface area contributed by atoms with Crippen LogP contribution >= 0.6 is 90.7 Å². The lowest BCUT2D eigenvalue weighted by Gasteiger charge is -2.63. The highest BCUT2D eigenvalue weighted by Crippen LogP contribution is 2.55. The van der Waals surface area contributed by atoms with Gasteiger partial charge in [0.25, 0.3) is 0 Å². The molecular weight excluding hydrogens is 1490 g/mol. The molecule has 8 bridgehead atoms. The first kappa shape index (κ1) is 66.7. The van der Waals surface area contributed by atoms with Crippen molar-refractivity contribution in [2.24, 2.45) is 0 Å². The molecule has 36 nitrogen and oxygen atoms in total. The van der Waals surface area contributed by atoms with Crippen molar-refractivity contribution in [1.29, 1.82) is 0 Å². The zero-order valence-electron chi connectivity index (χ0n) is 48.9. The highest BCUT2D eigenvalue weighted by molar-refractivity contribution is 7.15. The Morgan fingerprint density at radius 2 is 0.326 bits per heavy atom. The zero-order valence-corrected chi connectivity index (χ0v) is 63.4. The maximum absolute atomic E-state index is 8.17. The van der Waals surface area contributed by atoms with E-state index >= 15 is 0 Å². The molecule has 496 valence electrons. The molecule has 6 saturated heterocycles. The van der Waals surface area contributed by atoms with Gasteiger partial charge in [-0.25, -0.2) is 0 Å². The third kappa shape index (κ3) is 17.6. The molecule has 0 unspecified atom stereocenters. The second-order valence-corrected chi connectivity index (χ2v) is 52.3. The minimum Gasteiger partial charge on any atom is -0.373 e. The Kier molecular flexibility index (Phi) is 22.6. The van der Waals surface area contributed by atoms with Crippen molar-refractivity contribution in [2.45, 2.75) is 99.7 Å². The first-order valence-electron chi connectivity index (χ1n) is 29.5. The minimum atomic E-state index is -4.47. The van der Waals surface area contributed by atoms with E-state index in [-0.39, 0.29) is 48.4 Å². The predicted molar refractivity (Wildman–Crippen MR) is 362 cm³/mol. The number of hydrogen-bond acceptors (Lipinski definition) is 44. The predicted octanol–water partition coefficient (Wildman–Crippen LogP) is 6.59. The maximum atomic E-state index is 8.17. The summed E-state index contributed by atoms with van der Waals surface area (Å²) in [7, 11) is -35.8. The van der Waals surface area contributed by atoms with Crippen LogP contribution in [-0.4, -0.2) is 204 Å². The fourth-order valence-corrected chi connectivity index (χ4v) is 64.8. The molecule has 52 heteroatoms. The van der Waals surface area contributed by atoms with E-state index in [1.807, 2.05) is 0 Å². The van der Waals surface area contributed by atoms with Crippen LogP contribution in [0.2, 0.25) is 48.4 Å². The molecule has 0 aliphatic carbocycles. The summed E-state index contributed by atoms with van der Waals surface area (Å²) < 4.78 is 98.1. The molecule has 0 saturated carbocycles. The van der Waals surface area contributed by atoms with E-state index < -0.39 is 70.4 Å². The largest absolute Gasteiger partial charge is 0.478 e. The molecule has 0 radical (unpaired) electrons. The van der Waals surface area contributed by atoms with Crippen molar-refractivity contribution in [3.8, 4) is 0 Å². The Morgan fingerprint density at radius 3 is 0.424 bits per heavy atom. The van der Waals surface area contributed by atoms with Crippen LogP contribution in [0.3, 0.4) is 0 Å². The molecule has 0 spiro atoms. The van der Waals surface area contributed by atoms with Crippen LogP contribution in [0.5, 0.6) is 0 Å². The molecule has 0 amide bonds. The van der Waals surface area contributed by atoms with Gasteiger partial charge < -0.3 is 91.9 Å². The molecule has 14 rings (SSSR count). The Bertz CT molecular complexity index is 2680. The van der Waals surface area contributed by atoms with Crippen LogP contribution in [0.1, 0.15) is 51.4 Å². The first-order chi connectivity index (χ1) is 45.1. The van der Waals surface area contributed by atoms with Crippen LogP contribution in [0, 0.1) is 0 Å². The number of nitrogens with one attached hydrogen (secondary N) is 8. The van der Waals surface area contributed by atoms with Gasteiger partial charge in [0, 0.05) is 101 Å². The fourth-order valence-electron chi connectivity index (χ4n) is 10.6. The minimum absolute atomic E-state index is 0.210. The SMILES string of the molecule is c1nnc(NCCC[Si]23O[Si]4(CCCNc5nncs5)O[Si]5(CCCNc6nncs6)O[Si](CCCNc6nncs6)(O2)O[Si]2(CCCNc6nncs6)O[Si](CCCNc6nncs6)(O3)O[Si](CCCNc3nncs3)(O4)O[Si](CCCNc3nncs3)(O5)O2)s1. The fraction of sp³-hybridized carbons (Fsp3) is 0.600. The van der Waals surface area contributed by atoms with E-state index in [1.54, 1.807) is 44.1 Å². The Balaban J connectivity index is 0.977. The van der Waals surface area contributed by atoms with Crippen LogP contribution in [-0.2, 0) is 49.4 Å². The Hall–Kier alpha value is -3.86. The molecule has 8 aromatic rings. The van der Waals surface area contributed by atoms with Gasteiger partial charge in [0.15, 0.2) is 0 Å². The molecule has 0 aromatic carbocycles. The Labute approximate surface area is 567 Å². The van der Waals surface area contributed by atoms with Crippen molar-refractivity contribution < 1.29 is 49.4 Å². The van der Waals surface area contributed by atoms with E-state index in [9.17, 15) is 0 Å². The van der Waals surface area contributed by atoms with Gasteiger partial charge in [-0.2, -0.15) is 0 Å². The highest BCUT2D eigenvalue weighted by atomic mass is 32.1. The van der Waals surface area contributed by atoms with Gasteiger partial charge >= 0.3 is 70.4 Å². The number of aromatic nitrogens is 16. The number of rotatable bonds is 40. The first-order valence-corrected chi connectivity index (χ1v) is 52.0. The number of nitrogens with zero attached hydrogens (tertiary/aromatic N) is 16. The molecule has 8 N–H and O–H groups in total. The van der Waals surface area contributed by atoms with E-state index in [0.717, 1.165) is 0 Å². The highest BCUT2D eigenvalue weighted by Gasteiger charge is 2.83. The average molecular weight is 1550 g/mol. The van der Waals surface area contributed by atoms with Crippen LogP contribution in [0.25, 0.3) is 0 Å². The maximum Gasteiger partial charge on any atom is 0.478 e. The van der Waals surface area contributed by atoms with Gasteiger partial charge in [0.2, 0.25) is 41.1 Å². The van der Waals surface area contributed by atoms with Gasteiger partial charge in [-0.3, -0.25) is 0 Å². The van der Waals surface area contributed by atoms with Gasteiger partial charge in [-0.15, -0.1) is 81.6 Å². The summed E-state index contributed by atoms with van der Waals surface area (Å²) in [6.45, 7) is 3.48. The van der Waals surface area contributed by atoms with E-state index in [1.165, 1.54) is 90.7 Å². The monoisotopic (exact) mass is 1550 g/mol. The molecule has 0 atom stereocenters. The van der Waals surface area contributed by atoms with Crippen molar-refractivity contribution in [2.75, 3.05) is 94.9 Å². The topological polar surface area (TPSA) is 413 Å². The molecule has 92 heavy (non-hydrogen) atoms. The van der Waals surface area contributed by atoms with Gasteiger partial charge in [-0.1, -0.05) is 90.7 Å². The van der Waals surface area contributed by atoms with Gasteiger partial charge in [0.05, 0.1) is 0 Å². The lowest BCUT2D eigenvalue weighted by atomic mass is 10.5. The standard InChI is InChI=1S/C40H64N24O12S8Si8/c1(9-41-33-57-49-25-77-33)17-85-65-86(18-2-10-42-34-58-50-26-78-34)68-89(21-5-13-45-37-61-53-29-81-37)70-87(66-85,19-3-11-43-35-59-51-27-79-35)72-91(23-7-15-47-39-63-55-31-83-39)73-88(67-85,20-4-12-44-36-60-52-28-80-36)71-90(69-86,22-6-14-46-38-62-54-30-82-38)75-92(74-89,76-91)24-8-16-48-40-64-56-32-84-40/h25-32H,1-24H2,(H,41,57)(H,42,58)(H,43,59)(H,44,60)(H,45,61)(H,46,62)(H,47,63)(H,48,64). The second-order valence-electron chi connectivity index (χ2n) is 20.9. The summed E-state index contributed by atoms with van der Waals surface area (Å²) in [4.78, 5) is 0. The summed E-state index contributed by atoms with van der Waals surface area (Å²) in [5, 5.41) is 99.9. The second kappa shape index (κ2) is 31.1. The third-order valence-electron chi connectivity index (χ3n) is 14.1. The van der Waals surface area contributed by atoms with Crippen LogP contribution in [0.4, 0.5) is 41.1 Å². The summed E-state index contributed by atoms with van der Waals surface area (Å²) in [6.07, 6.45) is 3.60. The molecule has 6 aliphatic rings. The smallest absolute Gasteiger partial charge is 0.373 e. The molecule has 14 heterocycles. The van der Waals surface area contributed by atoms with Crippen molar-refractivity contribution in [3.05, 3.63) is 44.1 Å². The Morgan fingerprint density at radius 1 is 0.207 bits per heavy atom. The third-order valence-corrected chi connectivity index (χ3v) is 56.9. The summed E-state index contributed by atoms with van der Waals surface area (Å²) in [5.41, 5.74) is 13.5. The summed E-state index contributed by atoms with van der Waals surface area (Å²) in [5.74, 6) is 0. The lowest BCUT2D eigenvalue weighted by Crippen LogP contribution is -2.88. The van der Waals surface area contributed by atoms with E-state index in [0.29, 0.717) is 145 Å². The number of anilines is 8. The van der Waals surface area contributed by atoms with Crippen LogP contribution < -0.4 is 42.5 Å². The van der Waals surface area contributed by atoms with Crippen molar-refractivity contribution in [3.63, 3.8) is 0 Å². The molecular formula is C40H64N24O12S8Si8. The summed E-state index contributed by atoms with van der Waals surface area (Å²) in [6, 6.07) is 1.68. The summed E-state index contributed by atoms with van der Waals surface area (Å²) >= 11 is 11.2. The average Bonchev–Trinajstić information content (AvgIpc) is 0.920. The van der Waals surface area contributed by atoms with Crippen molar-refractivity contribution in [1.82, 2.24) is 81.6 Å². The normalized spacial score (nSPS) is 28.0. The quantitative estimate of drug-likeness (QED) is 0.0148. The molecule has 6 fully saturated rings. The zero-order chi connectivity index (χ0) is 62.4. The van der Waals surface area contributed by atoms with Gasteiger partial charge in [-0.05, 0) is 51.4 Å². The van der Waals surface area contributed by atoms with Gasteiger partial charge in [0.1, 0.15) is 44.1 Å².